The molecule has 2 N–H and O–H groups in total. The summed E-state index contributed by atoms with van der Waals surface area (Å²) < 4.78 is 5.91. The summed E-state index contributed by atoms with van der Waals surface area (Å²) in [5, 5.41) is 6.66. The molecule has 0 bridgehead atoms. The highest BCUT2D eigenvalue weighted by Crippen LogP contribution is 2.27. The van der Waals surface area contributed by atoms with E-state index in [0.29, 0.717) is 18.9 Å². The molecule has 1 aromatic rings. The van der Waals surface area contributed by atoms with Crippen LogP contribution in [0.1, 0.15) is 39.2 Å². The molecule has 2 heterocycles. The van der Waals surface area contributed by atoms with Crippen molar-refractivity contribution in [1.29, 1.82) is 0 Å². The Morgan fingerprint density at radius 3 is 2.90 bits per heavy atom. The second kappa shape index (κ2) is 12.1. The summed E-state index contributed by atoms with van der Waals surface area (Å²) in [4.78, 5) is 21.8. The van der Waals surface area contributed by atoms with Gasteiger partial charge in [-0.15, -0.1) is 0 Å². The van der Waals surface area contributed by atoms with Crippen LogP contribution in [0.15, 0.2) is 29.3 Å². The maximum atomic E-state index is 12.6. The molecule has 2 aliphatic rings. The van der Waals surface area contributed by atoms with Crippen LogP contribution in [-0.2, 0) is 16.0 Å². The van der Waals surface area contributed by atoms with Crippen molar-refractivity contribution in [3.63, 3.8) is 0 Å². The number of aliphatic imine (C=N–C) groups is 1. The van der Waals surface area contributed by atoms with Gasteiger partial charge in [0.25, 0.3) is 0 Å². The van der Waals surface area contributed by atoms with Crippen molar-refractivity contribution in [2.45, 2.75) is 46.1 Å². The quantitative estimate of drug-likeness (QED) is 0.358. The summed E-state index contributed by atoms with van der Waals surface area (Å²) in [6.07, 6.45) is 2.41. The van der Waals surface area contributed by atoms with Gasteiger partial charge in [0.15, 0.2) is 5.96 Å². The summed E-state index contributed by atoms with van der Waals surface area (Å²) in [5.74, 6) is 1.67. The molecule has 1 aromatic carbocycles. The average Bonchev–Trinajstić information content (AvgIpc) is 3.19. The first-order valence-electron chi connectivity index (χ1n) is 11.8. The van der Waals surface area contributed by atoms with E-state index in [1.807, 2.05) is 23.1 Å². The number of fused-ring (bicyclic) bond motifs is 1. The summed E-state index contributed by atoms with van der Waals surface area (Å²) >= 11 is 0. The molecular weight excluding hydrogens is 390 g/mol. The van der Waals surface area contributed by atoms with E-state index in [0.717, 1.165) is 70.4 Å². The lowest BCUT2D eigenvalue weighted by Gasteiger charge is -2.33. The molecule has 7 heteroatoms. The monoisotopic (exact) mass is 429 g/mol. The van der Waals surface area contributed by atoms with E-state index < -0.39 is 0 Å². The summed E-state index contributed by atoms with van der Waals surface area (Å²) in [6.45, 7) is 13.4. The van der Waals surface area contributed by atoms with Gasteiger partial charge >= 0.3 is 0 Å². The molecule has 2 aliphatic heterocycles. The zero-order valence-electron chi connectivity index (χ0n) is 19.4. The maximum absolute atomic E-state index is 12.6. The van der Waals surface area contributed by atoms with Crippen LogP contribution in [0.4, 0.5) is 5.69 Å². The first-order valence-corrected chi connectivity index (χ1v) is 11.8. The third-order valence-electron chi connectivity index (χ3n) is 5.69. The van der Waals surface area contributed by atoms with E-state index in [9.17, 15) is 4.79 Å². The minimum Gasteiger partial charge on any atom is -0.374 e. The molecule has 0 aliphatic carbocycles. The second-order valence-corrected chi connectivity index (χ2v) is 8.82. The van der Waals surface area contributed by atoms with Gasteiger partial charge in [-0.3, -0.25) is 14.7 Å². The van der Waals surface area contributed by atoms with E-state index >= 15 is 0 Å². The van der Waals surface area contributed by atoms with Crippen molar-refractivity contribution >= 4 is 17.6 Å². The number of nitrogens with one attached hydrogen (secondary N) is 2. The van der Waals surface area contributed by atoms with E-state index in [4.69, 9.17) is 9.73 Å². The standard InChI is InChI=1S/C24H39N5O2/c1-4-25-24(27-16-21-18-28(14-15-31-21)17-19(2)3)26-12-7-10-23(30)29-13-11-20-8-5-6-9-22(20)29/h5-6,8-9,19,21H,4,7,10-18H2,1-3H3,(H2,25,26,27). The Morgan fingerprint density at radius 2 is 2.10 bits per heavy atom. The zero-order valence-corrected chi connectivity index (χ0v) is 19.4. The third kappa shape index (κ3) is 7.21. The number of benzene rings is 1. The Hall–Kier alpha value is -2.12. The zero-order chi connectivity index (χ0) is 22.1. The van der Waals surface area contributed by atoms with Crippen LogP contribution in [0, 0.1) is 5.92 Å². The molecule has 0 spiro atoms. The van der Waals surface area contributed by atoms with Crippen molar-refractivity contribution < 1.29 is 9.53 Å². The summed E-state index contributed by atoms with van der Waals surface area (Å²) in [6, 6.07) is 8.20. The first-order chi connectivity index (χ1) is 15.1. The average molecular weight is 430 g/mol. The molecule has 1 fully saturated rings. The Labute approximate surface area is 187 Å². The molecule has 1 saturated heterocycles. The van der Waals surface area contributed by atoms with Gasteiger partial charge in [-0.25, -0.2) is 0 Å². The lowest BCUT2D eigenvalue weighted by Crippen LogP contribution is -2.46. The molecule has 1 unspecified atom stereocenters. The van der Waals surface area contributed by atoms with Crippen LogP contribution in [0.25, 0.3) is 0 Å². The second-order valence-electron chi connectivity index (χ2n) is 8.82. The summed E-state index contributed by atoms with van der Waals surface area (Å²) in [5.41, 5.74) is 2.35. The Kier molecular flexibility index (Phi) is 9.15. The van der Waals surface area contributed by atoms with Crippen molar-refractivity contribution in [1.82, 2.24) is 15.5 Å². The number of rotatable bonds is 9. The number of morpholine rings is 1. The largest absolute Gasteiger partial charge is 0.374 e. The molecule has 0 aromatic heterocycles. The molecule has 172 valence electrons. The number of hydrogen-bond acceptors (Lipinski definition) is 4. The van der Waals surface area contributed by atoms with Gasteiger partial charge in [0.05, 0.1) is 19.3 Å². The highest BCUT2D eigenvalue weighted by Gasteiger charge is 2.23. The van der Waals surface area contributed by atoms with Crippen molar-refractivity contribution in [2.75, 3.05) is 57.3 Å². The van der Waals surface area contributed by atoms with Crippen LogP contribution in [0.3, 0.4) is 0 Å². The molecule has 1 amide bonds. The lowest BCUT2D eigenvalue weighted by atomic mass is 10.2. The van der Waals surface area contributed by atoms with Crippen molar-refractivity contribution in [3.05, 3.63) is 29.8 Å². The Balaban J connectivity index is 1.40. The van der Waals surface area contributed by atoms with Crippen molar-refractivity contribution in [3.8, 4) is 0 Å². The van der Waals surface area contributed by atoms with Crippen molar-refractivity contribution in [2.24, 2.45) is 10.9 Å². The van der Waals surface area contributed by atoms with Crippen LogP contribution in [-0.4, -0.2) is 75.3 Å². The molecular formula is C24H39N5O2. The maximum Gasteiger partial charge on any atom is 0.227 e. The van der Waals surface area contributed by atoms with Gasteiger partial charge in [-0.2, -0.15) is 0 Å². The van der Waals surface area contributed by atoms with Crippen LogP contribution < -0.4 is 15.5 Å². The number of guanidine groups is 1. The minimum absolute atomic E-state index is 0.139. The van der Waals surface area contributed by atoms with Gasteiger partial charge in [-0.1, -0.05) is 32.0 Å². The molecule has 1 atom stereocenters. The number of ether oxygens (including phenoxy) is 1. The number of anilines is 1. The smallest absolute Gasteiger partial charge is 0.227 e. The molecule has 7 nitrogen and oxygen atoms in total. The predicted octanol–water partition coefficient (Wildman–Crippen LogP) is 2.27. The number of carbonyl (C=O) groups is 1. The molecule has 3 rings (SSSR count). The number of hydrogen-bond donors (Lipinski definition) is 2. The molecule has 0 saturated carbocycles. The predicted molar refractivity (Wildman–Crippen MR) is 127 cm³/mol. The fourth-order valence-electron chi connectivity index (χ4n) is 4.29. The Bertz CT molecular complexity index is 736. The van der Waals surface area contributed by atoms with Crippen LogP contribution in [0.5, 0.6) is 0 Å². The van der Waals surface area contributed by atoms with Crippen LogP contribution in [0.2, 0.25) is 0 Å². The number of para-hydroxylation sites is 1. The van der Waals surface area contributed by atoms with Crippen LogP contribution >= 0.6 is 0 Å². The highest BCUT2D eigenvalue weighted by molar-refractivity contribution is 5.95. The summed E-state index contributed by atoms with van der Waals surface area (Å²) in [7, 11) is 0. The van der Waals surface area contributed by atoms with Gasteiger partial charge in [-0.05, 0) is 37.3 Å². The van der Waals surface area contributed by atoms with E-state index in [1.165, 1.54) is 5.56 Å². The fourth-order valence-corrected chi connectivity index (χ4v) is 4.29. The van der Waals surface area contributed by atoms with Gasteiger partial charge in [0.1, 0.15) is 0 Å². The molecule has 0 radical (unpaired) electrons. The fraction of sp³-hybridized carbons (Fsp3) is 0.667. The Morgan fingerprint density at radius 1 is 1.26 bits per heavy atom. The third-order valence-corrected chi connectivity index (χ3v) is 5.69. The normalized spacial score (nSPS) is 19.5. The van der Waals surface area contributed by atoms with Gasteiger partial charge in [0, 0.05) is 51.4 Å². The van der Waals surface area contributed by atoms with Gasteiger partial charge < -0.3 is 20.3 Å². The highest BCUT2D eigenvalue weighted by atomic mass is 16.5. The van der Waals surface area contributed by atoms with E-state index in [2.05, 4.69) is 42.4 Å². The minimum atomic E-state index is 0.139. The number of amides is 1. The lowest BCUT2D eigenvalue weighted by molar-refractivity contribution is -0.118. The van der Waals surface area contributed by atoms with E-state index in [-0.39, 0.29) is 12.0 Å². The molecule has 31 heavy (non-hydrogen) atoms. The SMILES string of the molecule is CCNC(=NCC1CN(CC(C)C)CCO1)NCCCC(=O)N1CCc2ccccc21. The number of nitrogens with zero attached hydrogens (tertiary/aromatic N) is 3. The first kappa shape index (κ1) is 23.5. The number of carbonyl (C=O) groups excluding carboxylic acids is 1. The van der Waals surface area contributed by atoms with E-state index in [1.54, 1.807) is 0 Å². The topological polar surface area (TPSA) is 69.2 Å². The van der Waals surface area contributed by atoms with Gasteiger partial charge in [0.2, 0.25) is 5.91 Å².